The largest absolute Gasteiger partial charge is 0.495 e. The van der Waals surface area contributed by atoms with Gasteiger partial charge in [0.05, 0.1) is 45.5 Å². The number of carbonyl (C=O) groups excluding carboxylic acids is 2. The van der Waals surface area contributed by atoms with Crippen LogP contribution in [0.1, 0.15) is 49.1 Å². The van der Waals surface area contributed by atoms with Crippen molar-refractivity contribution in [3.05, 3.63) is 73.6 Å². The molecule has 3 heterocycles. The Labute approximate surface area is 245 Å². The molecular formula is C29H27Cl2FN4O3S. The van der Waals surface area contributed by atoms with E-state index < -0.39 is 35.1 Å². The molecule has 0 aliphatic carbocycles. The van der Waals surface area contributed by atoms with Gasteiger partial charge in [0.1, 0.15) is 17.0 Å². The molecule has 0 saturated carbocycles. The highest BCUT2D eigenvalue weighted by molar-refractivity contribution is 7.17. The molecule has 7 nitrogen and oxygen atoms in total. The summed E-state index contributed by atoms with van der Waals surface area (Å²) < 4.78 is 21.7. The lowest BCUT2D eigenvalue weighted by Crippen LogP contribution is -2.49. The minimum Gasteiger partial charge on any atom is -0.495 e. The van der Waals surface area contributed by atoms with Crippen LogP contribution in [0.3, 0.4) is 0 Å². The van der Waals surface area contributed by atoms with Crippen LogP contribution in [0.2, 0.25) is 9.36 Å². The van der Waals surface area contributed by atoms with E-state index >= 15 is 4.39 Å². The van der Waals surface area contributed by atoms with E-state index in [9.17, 15) is 14.9 Å². The highest BCUT2D eigenvalue weighted by atomic mass is 35.5. The molecule has 0 bridgehead atoms. The van der Waals surface area contributed by atoms with Gasteiger partial charge in [-0.05, 0) is 41.7 Å². The number of nitriles is 1. The van der Waals surface area contributed by atoms with E-state index in [0.29, 0.717) is 38.3 Å². The van der Waals surface area contributed by atoms with Gasteiger partial charge in [0, 0.05) is 22.9 Å². The number of rotatable bonds is 5. The number of amides is 2. The number of benzene rings is 2. The number of carbonyl (C=O) groups is 2. The first kappa shape index (κ1) is 28.4. The summed E-state index contributed by atoms with van der Waals surface area (Å²) in [5.74, 6) is -2.19. The van der Waals surface area contributed by atoms with Crippen molar-refractivity contribution in [2.45, 2.75) is 50.6 Å². The van der Waals surface area contributed by atoms with Crippen LogP contribution < -0.4 is 20.7 Å². The van der Waals surface area contributed by atoms with Gasteiger partial charge in [-0.3, -0.25) is 9.59 Å². The smallest absolute Gasteiger partial charge is 0.242 e. The molecule has 0 unspecified atom stereocenters. The Bertz CT molecular complexity index is 1560. The van der Waals surface area contributed by atoms with E-state index in [0.717, 1.165) is 0 Å². The van der Waals surface area contributed by atoms with Crippen LogP contribution in [0.15, 0.2) is 42.5 Å². The third-order valence-corrected chi connectivity index (χ3v) is 9.17. The average molecular weight is 602 g/mol. The maximum absolute atomic E-state index is 15.8. The van der Waals surface area contributed by atoms with Crippen molar-refractivity contribution < 1.29 is 18.7 Å². The van der Waals surface area contributed by atoms with E-state index in [1.807, 2.05) is 26.8 Å². The molecular weight excluding hydrogens is 574 g/mol. The Balaban J connectivity index is 1.70. The molecule has 0 radical (unpaired) electrons. The van der Waals surface area contributed by atoms with Gasteiger partial charge in [0.2, 0.25) is 11.8 Å². The number of fused-ring (bicyclic) bond motifs is 2. The highest BCUT2D eigenvalue weighted by Gasteiger charge is 2.67. The number of anilines is 2. The van der Waals surface area contributed by atoms with E-state index in [1.54, 1.807) is 30.3 Å². The van der Waals surface area contributed by atoms with Gasteiger partial charge >= 0.3 is 0 Å². The molecule has 1 saturated heterocycles. The predicted octanol–water partition coefficient (Wildman–Crippen LogP) is 6.46. The third-order valence-electron chi connectivity index (χ3n) is 7.46. The van der Waals surface area contributed by atoms with E-state index in [2.05, 4.69) is 16.0 Å². The van der Waals surface area contributed by atoms with E-state index in [1.165, 1.54) is 30.6 Å². The van der Waals surface area contributed by atoms with Gasteiger partial charge in [0.25, 0.3) is 0 Å². The fourth-order valence-electron chi connectivity index (χ4n) is 5.93. The van der Waals surface area contributed by atoms with Crippen molar-refractivity contribution in [1.82, 2.24) is 5.32 Å². The van der Waals surface area contributed by atoms with Crippen LogP contribution in [0.25, 0.3) is 0 Å². The number of halogens is 3. The lowest BCUT2D eigenvalue weighted by atomic mass is 9.65. The summed E-state index contributed by atoms with van der Waals surface area (Å²) >= 11 is 13.9. The molecule has 1 spiro atoms. The summed E-state index contributed by atoms with van der Waals surface area (Å²) in [4.78, 5) is 28.8. The molecule has 4 atom stereocenters. The van der Waals surface area contributed by atoms with Gasteiger partial charge in [-0.25, -0.2) is 4.39 Å². The molecule has 40 heavy (non-hydrogen) atoms. The summed E-state index contributed by atoms with van der Waals surface area (Å²) in [6.07, 6.45) is 0.498. The quantitative estimate of drug-likeness (QED) is 0.312. The molecule has 5 rings (SSSR count). The van der Waals surface area contributed by atoms with Crippen LogP contribution >= 0.6 is 34.5 Å². The lowest BCUT2D eigenvalue weighted by molar-refractivity contribution is -0.122. The Kier molecular flexibility index (Phi) is 7.34. The van der Waals surface area contributed by atoms with Crippen molar-refractivity contribution in [3.63, 3.8) is 0 Å². The SMILES string of the molecule is COc1cc(C#N)ccc1NC(=O)[C@@H]1N[C@@H](CC(C)(C)C)[C@]2(C(=O)Nc3cc(Cl)sc32)[C@H]1c1cccc(Cl)c1F. The summed E-state index contributed by atoms with van der Waals surface area (Å²) in [7, 11) is 1.43. The number of thiophene rings is 1. The van der Waals surface area contributed by atoms with Crippen LogP contribution in [-0.4, -0.2) is 31.0 Å². The van der Waals surface area contributed by atoms with E-state index in [-0.39, 0.29) is 21.9 Å². The molecule has 208 valence electrons. The monoisotopic (exact) mass is 600 g/mol. The highest BCUT2D eigenvalue weighted by Crippen LogP contribution is 2.59. The second-order valence-corrected chi connectivity index (χ2v) is 13.3. The second kappa shape index (κ2) is 10.3. The Morgan fingerprint density at radius 2 is 2.00 bits per heavy atom. The summed E-state index contributed by atoms with van der Waals surface area (Å²) in [5.41, 5.74) is -0.195. The van der Waals surface area contributed by atoms with Crippen LogP contribution in [-0.2, 0) is 15.0 Å². The molecule has 1 fully saturated rings. The standard InChI is InChI=1S/C29H27Cl2FN4O3S/c1-28(2,3)12-20-29(25-18(35-27(29)38)11-21(31)40-25)22(15-6-5-7-16(30)23(15)32)24(36-20)26(37)34-17-9-8-14(13-33)10-19(17)39-4/h5-11,20,22,24,36H,12H2,1-4H3,(H,34,37)(H,35,38)/t20-,22-,24+,29-/m0/s1. The third kappa shape index (κ3) is 4.63. The first-order valence-corrected chi connectivity index (χ1v) is 14.2. The average Bonchev–Trinajstić information content (AvgIpc) is 3.50. The first-order chi connectivity index (χ1) is 18.9. The maximum Gasteiger partial charge on any atom is 0.242 e. The summed E-state index contributed by atoms with van der Waals surface area (Å²) in [6.45, 7) is 6.13. The molecule has 2 aromatic carbocycles. The molecule has 3 N–H and O–H groups in total. The lowest BCUT2D eigenvalue weighted by Gasteiger charge is -2.37. The van der Waals surface area contributed by atoms with Crippen LogP contribution in [0.5, 0.6) is 5.75 Å². The second-order valence-electron chi connectivity index (χ2n) is 11.2. The van der Waals surface area contributed by atoms with Gasteiger partial charge in [-0.15, -0.1) is 11.3 Å². The normalized spacial score (nSPS) is 23.6. The van der Waals surface area contributed by atoms with Gasteiger partial charge in [-0.2, -0.15) is 5.26 Å². The van der Waals surface area contributed by atoms with Crippen molar-refractivity contribution in [2.75, 3.05) is 17.7 Å². The van der Waals surface area contributed by atoms with Crippen molar-refractivity contribution in [2.24, 2.45) is 5.41 Å². The Morgan fingerprint density at radius 3 is 2.67 bits per heavy atom. The molecule has 1 aromatic heterocycles. The fourth-order valence-corrected chi connectivity index (χ4v) is 7.58. The molecule has 3 aromatic rings. The number of methoxy groups -OCH3 is 1. The fraction of sp³-hybridized carbons (Fsp3) is 0.345. The van der Waals surface area contributed by atoms with Crippen LogP contribution in [0, 0.1) is 22.6 Å². The van der Waals surface area contributed by atoms with Gasteiger partial charge in [0.15, 0.2) is 0 Å². The molecule has 2 aliphatic rings. The zero-order chi connectivity index (χ0) is 29.0. The first-order valence-electron chi connectivity index (χ1n) is 12.6. The summed E-state index contributed by atoms with van der Waals surface area (Å²) in [5, 5.41) is 18.4. The van der Waals surface area contributed by atoms with Crippen molar-refractivity contribution >= 4 is 57.7 Å². The maximum atomic E-state index is 15.8. The number of hydrogen-bond acceptors (Lipinski definition) is 6. The number of nitrogens with zero attached hydrogens (tertiary/aromatic N) is 1. The molecule has 2 amide bonds. The zero-order valence-corrected chi connectivity index (χ0v) is 24.5. The number of ether oxygens (including phenoxy) is 1. The zero-order valence-electron chi connectivity index (χ0n) is 22.2. The summed E-state index contributed by atoms with van der Waals surface area (Å²) in [6, 6.07) is 11.4. The molecule has 2 aliphatic heterocycles. The van der Waals surface area contributed by atoms with E-state index in [4.69, 9.17) is 27.9 Å². The predicted molar refractivity (Wildman–Crippen MR) is 155 cm³/mol. The topological polar surface area (TPSA) is 103 Å². The minimum atomic E-state index is -1.34. The van der Waals surface area contributed by atoms with Gasteiger partial charge in [-0.1, -0.05) is 56.1 Å². The van der Waals surface area contributed by atoms with Crippen LogP contribution in [0.4, 0.5) is 15.8 Å². The van der Waals surface area contributed by atoms with Crippen molar-refractivity contribution in [3.8, 4) is 11.8 Å². The number of nitrogens with one attached hydrogen (secondary N) is 3. The number of hydrogen-bond donors (Lipinski definition) is 3. The minimum absolute atomic E-state index is 0.109. The van der Waals surface area contributed by atoms with Gasteiger partial charge < -0.3 is 20.7 Å². The Hall–Kier alpha value is -3.16. The molecule has 11 heteroatoms. The Morgan fingerprint density at radius 1 is 1.25 bits per heavy atom. The van der Waals surface area contributed by atoms with Crippen molar-refractivity contribution in [1.29, 1.82) is 5.26 Å².